The summed E-state index contributed by atoms with van der Waals surface area (Å²) < 4.78 is 0. The summed E-state index contributed by atoms with van der Waals surface area (Å²) in [5.74, 6) is 0.120. The number of piperazine rings is 1. The number of benzene rings is 1. The van der Waals surface area contributed by atoms with Gasteiger partial charge in [0.05, 0.1) is 0 Å². The molecule has 2 aliphatic rings. The Morgan fingerprint density at radius 2 is 2.14 bits per heavy atom. The van der Waals surface area contributed by atoms with Crippen LogP contribution in [0.5, 0.6) is 0 Å². The topological polar surface area (TPSA) is 44.4 Å². The van der Waals surface area contributed by atoms with Crippen LogP contribution in [0.25, 0.3) is 0 Å². The number of hydrogen-bond donors (Lipinski definition) is 2. The van der Waals surface area contributed by atoms with Crippen LogP contribution in [0.2, 0.25) is 0 Å². The maximum atomic E-state index is 12.4. The van der Waals surface area contributed by atoms with Gasteiger partial charge in [-0.2, -0.15) is 0 Å². The predicted molar refractivity (Wildman–Crippen MR) is 89.1 cm³/mol. The monoisotopic (exact) mass is 313 g/mol. The number of amides is 1. The fourth-order valence-corrected chi connectivity index (χ4v) is 4.26. The van der Waals surface area contributed by atoms with Gasteiger partial charge in [-0.3, -0.25) is 9.69 Å². The summed E-state index contributed by atoms with van der Waals surface area (Å²) in [4.78, 5) is 15.8. The number of hydrogen-bond acceptors (Lipinski definition) is 4. The highest BCUT2D eigenvalue weighted by molar-refractivity contribution is 7.10. The Morgan fingerprint density at radius 3 is 3.00 bits per heavy atom. The highest BCUT2D eigenvalue weighted by atomic mass is 32.1. The molecule has 22 heavy (non-hydrogen) atoms. The van der Waals surface area contributed by atoms with Gasteiger partial charge in [-0.1, -0.05) is 24.3 Å². The van der Waals surface area contributed by atoms with Crippen LogP contribution in [0.3, 0.4) is 0 Å². The second kappa shape index (κ2) is 5.74. The number of carbonyl (C=O) groups excluding carboxylic acids is 1. The summed E-state index contributed by atoms with van der Waals surface area (Å²) >= 11 is 1.65. The number of nitrogens with zero attached hydrogens (tertiary/aromatic N) is 1. The highest BCUT2D eigenvalue weighted by Gasteiger charge is 2.32. The van der Waals surface area contributed by atoms with Crippen LogP contribution in [-0.4, -0.2) is 30.4 Å². The first-order chi connectivity index (χ1) is 10.8. The van der Waals surface area contributed by atoms with E-state index in [1.54, 1.807) is 11.3 Å². The zero-order valence-electron chi connectivity index (χ0n) is 12.3. The van der Waals surface area contributed by atoms with Crippen LogP contribution >= 0.6 is 11.3 Å². The van der Waals surface area contributed by atoms with E-state index in [-0.39, 0.29) is 11.9 Å². The summed E-state index contributed by atoms with van der Waals surface area (Å²) in [6.07, 6.45) is 1.10. The molecule has 0 radical (unpaired) electrons. The van der Waals surface area contributed by atoms with E-state index >= 15 is 0 Å². The Balaban J connectivity index is 1.63. The summed E-state index contributed by atoms with van der Waals surface area (Å²) in [5.41, 5.74) is 3.97. The smallest absolute Gasteiger partial charge is 0.242 e. The quantitative estimate of drug-likeness (QED) is 0.914. The molecule has 2 aromatic rings. The van der Waals surface area contributed by atoms with Gasteiger partial charge < -0.3 is 10.6 Å². The standard InChI is InChI=1S/C17H19N3OS/c21-17-16(14-5-2-10-22-14)20(9-8-19-17)11-13-4-1-3-12-6-7-18-15(12)13/h1-5,10,16,18H,6-9,11H2,(H,19,21). The van der Waals surface area contributed by atoms with Crippen molar-refractivity contribution in [3.05, 3.63) is 51.7 Å². The molecule has 2 aliphatic heterocycles. The fraction of sp³-hybridized carbons (Fsp3) is 0.353. The van der Waals surface area contributed by atoms with E-state index in [9.17, 15) is 4.79 Å². The minimum Gasteiger partial charge on any atom is -0.384 e. The molecule has 114 valence electrons. The van der Waals surface area contributed by atoms with Gasteiger partial charge in [0.25, 0.3) is 0 Å². The molecule has 5 heteroatoms. The average Bonchev–Trinajstić information content (AvgIpc) is 3.19. The first-order valence-corrected chi connectivity index (χ1v) is 8.61. The molecule has 1 aromatic carbocycles. The lowest BCUT2D eigenvalue weighted by atomic mass is 10.0. The number of fused-ring (bicyclic) bond motifs is 1. The Labute approximate surface area is 134 Å². The number of carbonyl (C=O) groups is 1. The molecule has 1 saturated heterocycles. The van der Waals surface area contributed by atoms with E-state index in [4.69, 9.17) is 0 Å². The normalized spacial score (nSPS) is 21.3. The molecule has 3 heterocycles. The lowest BCUT2D eigenvalue weighted by Gasteiger charge is -2.34. The SMILES string of the molecule is O=C1NCCN(Cc2cccc3c2NCC3)C1c1cccs1. The van der Waals surface area contributed by atoms with Crippen molar-refractivity contribution in [3.63, 3.8) is 0 Å². The van der Waals surface area contributed by atoms with E-state index in [1.807, 2.05) is 11.4 Å². The Kier molecular flexibility index (Phi) is 3.60. The van der Waals surface area contributed by atoms with Gasteiger partial charge in [0, 0.05) is 36.7 Å². The third-order valence-electron chi connectivity index (χ3n) is 4.43. The lowest BCUT2D eigenvalue weighted by molar-refractivity contribution is -0.129. The van der Waals surface area contributed by atoms with E-state index < -0.39 is 0 Å². The molecule has 1 unspecified atom stereocenters. The molecule has 4 nitrogen and oxygen atoms in total. The van der Waals surface area contributed by atoms with Crippen molar-refractivity contribution in [2.75, 3.05) is 25.0 Å². The third kappa shape index (κ3) is 2.40. The van der Waals surface area contributed by atoms with Crippen LogP contribution in [0.15, 0.2) is 35.7 Å². The van der Waals surface area contributed by atoms with Crippen molar-refractivity contribution in [3.8, 4) is 0 Å². The Bertz CT molecular complexity index is 683. The van der Waals surface area contributed by atoms with E-state index in [2.05, 4.69) is 39.8 Å². The largest absolute Gasteiger partial charge is 0.384 e. The van der Waals surface area contributed by atoms with Crippen LogP contribution in [0.4, 0.5) is 5.69 Å². The predicted octanol–water partition coefficient (Wildman–Crippen LogP) is 2.39. The molecule has 1 amide bonds. The molecule has 1 aromatic heterocycles. The molecular weight excluding hydrogens is 294 g/mol. The summed E-state index contributed by atoms with van der Waals surface area (Å²) in [7, 11) is 0. The first kappa shape index (κ1) is 13.8. The van der Waals surface area contributed by atoms with E-state index in [0.29, 0.717) is 0 Å². The fourth-order valence-electron chi connectivity index (χ4n) is 3.40. The van der Waals surface area contributed by atoms with Crippen LogP contribution < -0.4 is 10.6 Å². The van der Waals surface area contributed by atoms with Crippen molar-refractivity contribution < 1.29 is 4.79 Å². The van der Waals surface area contributed by atoms with Crippen LogP contribution in [-0.2, 0) is 17.8 Å². The van der Waals surface area contributed by atoms with E-state index in [1.165, 1.54) is 16.8 Å². The molecule has 0 spiro atoms. The third-order valence-corrected chi connectivity index (χ3v) is 5.36. The van der Waals surface area contributed by atoms with Crippen LogP contribution in [0.1, 0.15) is 22.0 Å². The second-order valence-electron chi connectivity index (χ2n) is 5.81. The van der Waals surface area contributed by atoms with Gasteiger partial charge in [-0.15, -0.1) is 11.3 Å². The number of para-hydroxylation sites is 1. The zero-order valence-corrected chi connectivity index (χ0v) is 13.2. The number of anilines is 1. The van der Waals surface area contributed by atoms with Crippen molar-refractivity contribution in [2.24, 2.45) is 0 Å². The number of nitrogens with one attached hydrogen (secondary N) is 2. The Hall–Kier alpha value is -1.85. The molecule has 0 bridgehead atoms. The van der Waals surface area contributed by atoms with Gasteiger partial charge in [-0.25, -0.2) is 0 Å². The minimum atomic E-state index is -0.161. The zero-order chi connectivity index (χ0) is 14.9. The van der Waals surface area contributed by atoms with Crippen molar-refractivity contribution in [2.45, 2.75) is 19.0 Å². The molecule has 0 aliphatic carbocycles. The lowest BCUT2D eigenvalue weighted by Crippen LogP contribution is -2.49. The highest BCUT2D eigenvalue weighted by Crippen LogP contribution is 2.32. The molecule has 1 atom stereocenters. The molecule has 4 rings (SSSR count). The van der Waals surface area contributed by atoms with Crippen LogP contribution in [0, 0.1) is 0 Å². The molecule has 0 saturated carbocycles. The summed E-state index contributed by atoms with van der Waals surface area (Å²) in [5, 5.41) is 8.53. The maximum Gasteiger partial charge on any atom is 0.242 e. The van der Waals surface area contributed by atoms with E-state index in [0.717, 1.165) is 37.5 Å². The Morgan fingerprint density at radius 1 is 1.18 bits per heavy atom. The summed E-state index contributed by atoms with van der Waals surface area (Å²) in [6, 6.07) is 10.4. The van der Waals surface area contributed by atoms with Gasteiger partial charge in [0.15, 0.2) is 0 Å². The second-order valence-corrected chi connectivity index (χ2v) is 6.79. The first-order valence-electron chi connectivity index (χ1n) is 7.73. The van der Waals surface area contributed by atoms with Gasteiger partial charge in [0.1, 0.15) is 6.04 Å². The van der Waals surface area contributed by atoms with Crippen molar-refractivity contribution in [1.82, 2.24) is 10.2 Å². The maximum absolute atomic E-state index is 12.4. The van der Waals surface area contributed by atoms with Gasteiger partial charge >= 0.3 is 0 Å². The molecule has 2 N–H and O–H groups in total. The van der Waals surface area contributed by atoms with Gasteiger partial charge in [0.2, 0.25) is 5.91 Å². The molecule has 1 fully saturated rings. The number of thiophene rings is 1. The minimum absolute atomic E-state index is 0.120. The van der Waals surface area contributed by atoms with Crippen molar-refractivity contribution >= 4 is 22.9 Å². The molecular formula is C17H19N3OS. The summed E-state index contributed by atoms with van der Waals surface area (Å²) in [6.45, 7) is 3.44. The van der Waals surface area contributed by atoms with Gasteiger partial charge in [-0.05, 0) is 29.0 Å². The van der Waals surface area contributed by atoms with Crippen molar-refractivity contribution in [1.29, 1.82) is 0 Å². The average molecular weight is 313 g/mol. The number of rotatable bonds is 3.